The first-order valence-corrected chi connectivity index (χ1v) is 6.88. The highest BCUT2D eigenvalue weighted by Gasteiger charge is 2.25. The second-order valence-corrected chi connectivity index (χ2v) is 5.65. The molecule has 0 spiro atoms. The second kappa shape index (κ2) is 5.71. The molecule has 17 heavy (non-hydrogen) atoms. The lowest BCUT2D eigenvalue weighted by molar-refractivity contribution is 0.0825. The van der Waals surface area contributed by atoms with E-state index in [1.54, 1.807) is 4.90 Å². The van der Waals surface area contributed by atoms with Crippen LogP contribution in [0.15, 0.2) is 0 Å². The van der Waals surface area contributed by atoms with Crippen LogP contribution in [0.1, 0.15) is 45.4 Å². The molecule has 4 heteroatoms. The van der Waals surface area contributed by atoms with Crippen LogP contribution in [0.5, 0.6) is 0 Å². The average molecular weight is 240 g/mol. The van der Waals surface area contributed by atoms with Gasteiger partial charge >= 0.3 is 6.03 Å². The highest BCUT2D eigenvalue weighted by Crippen LogP contribution is 2.23. The molecule has 0 aromatic carbocycles. The molecule has 1 saturated carbocycles. The Kier molecular flexibility index (Phi) is 4.26. The Morgan fingerprint density at radius 2 is 1.94 bits per heavy atom. The van der Waals surface area contributed by atoms with Crippen LogP contribution >= 0.6 is 0 Å². The summed E-state index contributed by atoms with van der Waals surface area (Å²) in [6.45, 7) is 3.56. The van der Waals surface area contributed by atoms with Crippen LogP contribution in [0, 0.1) is 5.92 Å². The molecule has 0 aromatic heterocycles. The molecule has 1 unspecified atom stereocenters. The predicted octanol–water partition coefficient (Wildman–Crippen LogP) is 1.73. The molecule has 0 aromatic rings. The molecule has 1 aliphatic carbocycles. The fourth-order valence-corrected chi connectivity index (χ4v) is 2.81. The molecule has 2 rings (SSSR count). The number of likely N-dealkylation sites (tertiary alicyclic amines) is 1. The van der Waals surface area contributed by atoms with E-state index in [4.69, 9.17) is 0 Å². The number of rotatable bonds is 1. The molecule has 2 aliphatic rings. The van der Waals surface area contributed by atoms with E-state index in [2.05, 4.69) is 12.2 Å². The van der Waals surface area contributed by atoms with Gasteiger partial charge in [-0.15, -0.1) is 0 Å². The number of β-amino-alcohol motifs (C(OH)–C–C–N with tert-alkyl or cyclic N) is 1. The molecule has 0 radical (unpaired) electrons. The van der Waals surface area contributed by atoms with Crippen molar-refractivity contribution in [3.05, 3.63) is 0 Å². The molecule has 1 atom stereocenters. The number of urea groups is 1. The van der Waals surface area contributed by atoms with E-state index >= 15 is 0 Å². The van der Waals surface area contributed by atoms with Crippen LogP contribution in [0.2, 0.25) is 0 Å². The van der Waals surface area contributed by atoms with Crippen molar-refractivity contribution in [2.24, 2.45) is 5.92 Å². The lowest BCUT2D eigenvalue weighted by Crippen LogP contribution is -2.50. The summed E-state index contributed by atoms with van der Waals surface area (Å²) < 4.78 is 0. The Morgan fingerprint density at radius 3 is 2.59 bits per heavy atom. The molecule has 2 N–H and O–H groups in total. The van der Waals surface area contributed by atoms with Gasteiger partial charge in [-0.1, -0.05) is 6.92 Å². The molecule has 98 valence electrons. The molecule has 0 bridgehead atoms. The molecule has 1 aliphatic heterocycles. The van der Waals surface area contributed by atoms with Crippen molar-refractivity contribution in [3.63, 3.8) is 0 Å². The van der Waals surface area contributed by atoms with E-state index < -0.39 is 0 Å². The molecule has 2 fully saturated rings. The van der Waals surface area contributed by atoms with Gasteiger partial charge in [0, 0.05) is 19.1 Å². The molecular formula is C13H24N2O2. The first-order valence-electron chi connectivity index (χ1n) is 6.88. The van der Waals surface area contributed by atoms with Gasteiger partial charge in [0.2, 0.25) is 0 Å². The molecule has 1 heterocycles. The largest absolute Gasteiger partial charge is 0.391 e. The Labute approximate surface area is 103 Å². The average Bonchev–Trinajstić information content (AvgIpc) is 2.32. The Bertz CT molecular complexity index is 262. The third kappa shape index (κ3) is 3.60. The van der Waals surface area contributed by atoms with Crippen LogP contribution in [0.25, 0.3) is 0 Å². The van der Waals surface area contributed by atoms with Gasteiger partial charge in [-0.25, -0.2) is 4.79 Å². The number of amides is 2. The number of aliphatic hydroxyl groups excluding tert-OH is 1. The van der Waals surface area contributed by atoms with Gasteiger partial charge < -0.3 is 15.3 Å². The van der Waals surface area contributed by atoms with Crippen molar-refractivity contribution in [1.29, 1.82) is 0 Å². The quantitative estimate of drug-likeness (QED) is 0.733. The minimum atomic E-state index is -0.333. The highest BCUT2D eigenvalue weighted by molar-refractivity contribution is 5.74. The summed E-state index contributed by atoms with van der Waals surface area (Å²) in [5, 5.41) is 12.7. The summed E-state index contributed by atoms with van der Waals surface area (Å²) >= 11 is 0. The van der Waals surface area contributed by atoms with Crippen molar-refractivity contribution in [2.45, 2.75) is 57.6 Å². The molecular weight excluding hydrogens is 216 g/mol. The zero-order valence-electron chi connectivity index (χ0n) is 10.7. The Balaban J connectivity index is 1.76. The fraction of sp³-hybridized carbons (Fsp3) is 0.923. The van der Waals surface area contributed by atoms with Crippen LogP contribution in [-0.4, -0.2) is 41.3 Å². The van der Waals surface area contributed by atoms with Gasteiger partial charge in [0.1, 0.15) is 0 Å². The van der Waals surface area contributed by atoms with Crippen molar-refractivity contribution >= 4 is 6.03 Å². The first-order chi connectivity index (χ1) is 8.15. The summed E-state index contributed by atoms with van der Waals surface area (Å²) in [7, 11) is 0. The van der Waals surface area contributed by atoms with Crippen molar-refractivity contribution in [1.82, 2.24) is 10.2 Å². The maximum absolute atomic E-state index is 12.0. The van der Waals surface area contributed by atoms with E-state index in [0.717, 1.165) is 38.1 Å². The maximum atomic E-state index is 12.0. The number of aliphatic hydroxyl groups is 1. The second-order valence-electron chi connectivity index (χ2n) is 5.65. The van der Waals surface area contributed by atoms with Gasteiger partial charge in [-0.05, 0) is 44.4 Å². The van der Waals surface area contributed by atoms with Crippen molar-refractivity contribution < 1.29 is 9.90 Å². The van der Waals surface area contributed by atoms with E-state index in [-0.39, 0.29) is 12.1 Å². The van der Waals surface area contributed by atoms with Gasteiger partial charge in [-0.3, -0.25) is 0 Å². The van der Waals surface area contributed by atoms with Crippen LogP contribution < -0.4 is 5.32 Å². The summed E-state index contributed by atoms with van der Waals surface area (Å²) in [5.41, 5.74) is 0. The predicted molar refractivity (Wildman–Crippen MR) is 66.8 cm³/mol. The van der Waals surface area contributed by atoms with Gasteiger partial charge in [-0.2, -0.15) is 0 Å². The normalized spacial score (nSPS) is 34.5. The summed E-state index contributed by atoms with van der Waals surface area (Å²) in [4.78, 5) is 13.8. The third-order valence-electron chi connectivity index (χ3n) is 4.03. The van der Waals surface area contributed by atoms with Crippen LogP contribution in [0.4, 0.5) is 4.79 Å². The number of hydrogen-bond donors (Lipinski definition) is 2. The van der Waals surface area contributed by atoms with Crippen molar-refractivity contribution in [3.8, 4) is 0 Å². The third-order valence-corrected chi connectivity index (χ3v) is 4.03. The molecule has 2 amide bonds. The smallest absolute Gasteiger partial charge is 0.317 e. The van der Waals surface area contributed by atoms with Gasteiger partial charge in [0.15, 0.2) is 0 Å². The number of hydrogen-bond acceptors (Lipinski definition) is 2. The minimum Gasteiger partial charge on any atom is -0.391 e. The van der Waals surface area contributed by atoms with Gasteiger partial charge in [0.05, 0.1) is 6.10 Å². The van der Waals surface area contributed by atoms with Crippen molar-refractivity contribution in [2.75, 3.05) is 13.1 Å². The Morgan fingerprint density at radius 1 is 1.24 bits per heavy atom. The lowest BCUT2D eigenvalue weighted by Gasteiger charge is -2.33. The number of piperidine rings is 1. The Hall–Kier alpha value is -0.770. The van der Waals surface area contributed by atoms with E-state index in [1.807, 2.05) is 0 Å². The molecule has 4 nitrogen and oxygen atoms in total. The molecule has 1 saturated heterocycles. The highest BCUT2D eigenvalue weighted by atomic mass is 16.3. The number of carbonyl (C=O) groups excluding carboxylic acids is 1. The summed E-state index contributed by atoms with van der Waals surface area (Å²) in [6.07, 6.45) is 6.04. The standard InChI is InChI=1S/C13H24N2O2/c1-10-4-6-11(7-5-10)14-13(17)15-8-2-3-12(16)9-15/h10-12,16H,2-9H2,1H3,(H,14,17). The lowest BCUT2D eigenvalue weighted by atomic mass is 9.87. The SMILES string of the molecule is CC1CCC(NC(=O)N2CCCC(O)C2)CC1. The maximum Gasteiger partial charge on any atom is 0.317 e. The monoisotopic (exact) mass is 240 g/mol. The summed E-state index contributed by atoms with van der Waals surface area (Å²) in [6, 6.07) is 0.362. The fourth-order valence-electron chi connectivity index (χ4n) is 2.81. The van der Waals surface area contributed by atoms with E-state index in [1.165, 1.54) is 12.8 Å². The topological polar surface area (TPSA) is 52.6 Å². The number of carbonyl (C=O) groups is 1. The van der Waals surface area contributed by atoms with E-state index in [9.17, 15) is 9.90 Å². The zero-order valence-corrected chi connectivity index (χ0v) is 10.7. The first kappa shape index (κ1) is 12.7. The van der Waals surface area contributed by atoms with E-state index in [0.29, 0.717) is 12.6 Å². The number of nitrogens with one attached hydrogen (secondary N) is 1. The minimum absolute atomic E-state index is 0.0169. The number of nitrogens with zero attached hydrogens (tertiary/aromatic N) is 1. The van der Waals surface area contributed by atoms with Gasteiger partial charge in [0.25, 0.3) is 0 Å². The zero-order chi connectivity index (χ0) is 12.3. The summed E-state index contributed by atoms with van der Waals surface area (Å²) in [5.74, 6) is 0.806. The van der Waals surface area contributed by atoms with Crippen LogP contribution in [-0.2, 0) is 0 Å². The van der Waals surface area contributed by atoms with Crippen LogP contribution in [0.3, 0.4) is 0 Å².